The van der Waals surface area contributed by atoms with Gasteiger partial charge in [0.25, 0.3) is 0 Å². The molecule has 0 spiro atoms. The van der Waals surface area contributed by atoms with Gasteiger partial charge in [-0.05, 0) is 25.1 Å². The SMILES string of the molecule is CCOC(=O)Cc1nc2c3cc(Br)ccc3[nH]c(=O)n2n1. The Morgan fingerprint density at radius 2 is 2.29 bits per heavy atom. The summed E-state index contributed by atoms with van der Waals surface area (Å²) in [5.74, 6) is -0.165. The van der Waals surface area contributed by atoms with Crippen molar-refractivity contribution in [1.82, 2.24) is 19.6 Å². The molecule has 0 amide bonds. The van der Waals surface area contributed by atoms with E-state index in [0.717, 1.165) is 14.4 Å². The van der Waals surface area contributed by atoms with E-state index in [4.69, 9.17) is 4.74 Å². The summed E-state index contributed by atoms with van der Waals surface area (Å²) in [6.45, 7) is 2.02. The zero-order chi connectivity index (χ0) is 15.0. The summed E-state index contributed by atoms with van der Waals surface area (Å²) in [6, 6.07) is 5.44. The number of fused-ring (bicyclic) bond motifs is 3. The number of nitrogens with one attached hydrogen (secondary N) is 1. The molecule has 1 N–H and O–H groups in total. The summed E-state index contributed by atoms with van der Waals surface area (Å²) >= 11 is 3.38. The van der Waals surface area contributed by atoms with Crippen LogP contribution in [0.1, 0.15) is 12.7 Å². The highest BCUT2D eigenvalue weighted by Gasteiger charge is 2.14. The van der Waals surface area contributed by atoms with Crippen LogP contribution in [0.4, 0.5) is 0 Å². The van der Waals surface area contributed by atoms with Gasteiger partial charge in [-0.25, -0.2) is 9.78 Å². The van der Waals surface area contributed by atoms with E-state index in [2.05, 4.69) is 31.0 Å². The second kappa shape index (κ2) is 5.28. The van der Waals surface area contributed by atoms with E-state index in [0.29, 0.717) is 17.8 Å². The Morgan fingerprint density at radius 1 is 1.48 bits per heavy atom. The number of ether oxygens (including phenoxy) is 1. The number of aromatic amines is 1. The highest BCUT2D eigenvalue weighted by molar-refractivity contribution is 9.10. The van der Waals surface area contributed by atoms with Gasteiger partial charge >= 0.3 is 11.7 Å². The van der Waals surface area contributed by atoms with Crippen LogP contribution in [0.3, 0.4) is 0 Å². The van der Waals surface area contributed by atoms with Gasteiger partial charge in [-0.1, -0.05) is 15.9 Å². The molecule has 0 aliphatic rings. The van der Waals surface area contributed by atoms with Gasteiger partial charge in [0, 0.05) is 9.86 Å². The first-order chi connectivity index (χ1) is 10.1. The smallest absolute Gasteiger partial charge is 0.348 e. The molecule has 21 heavy (non-hydrogen) atoms. The molecule has 3 aromatic rings. The number of aromatic nitrogens is 4. The van der Waals surface area contributed by atoms with Crippen LogP contribution in [-0.2, 0) is 16.0 Å². The minimum Gasteiger partial charge on any atom is -0.466 e. The van der Waals surface area contributed by atoms with Crippen LogP contribution in [0, 0.1) is 0 Å². The lowest BCUT2D eigenvalue weighted by Gasteiger charge is -1.99. The lowest BCUT2D eigenvalue weighted by molar-refractivity contribution is -0.142. The van der Waals surface area contributed by atoms with E-state index in [1.54, 1.807) is 13.0 Å². The number of rotatable bonds is 3. The Morgan fingerprint density at radius 3 is 3.05 bits per heavy atom. The monoisotopic (exact) mass is 350 g/mol. The van der Waals surface area contributed by atoms with Gasteiger partial charge in [0.05, 0.1) is 12.1 Å². The normalized spacial score (nSPS) is 11.1. The van der Waals surface area contributed by atoms with Crippen molar-refractivity contribution in [2.24, 2.45) is 0 Å². The van der Waals surface area contributed by atoms with Gasteiger partial charge < -0.3 is 9.72 Å². The quantitative estimate of drug-likeness (QED) is 0.722. The average Bonchev–Trinajstić information content (AvgIpc) is 2.84. The Labute approximate surface area is 127 Å². The summed E-state index contributed by atoms with van der Waals surface area (Å²) < 4.78 is 6.87. The molecule has 0 aliphatic carbocycles. The van der Waals surface area contributed by atoms with Crippen molar-refractivity contribution in [2.75, 3.05) is 6.61 Å². The minimum atomic E-state index is -0.421. The zero-order valence-electron chi connectivity index (χ0n) is 11.1. The lowest BCUT2D eigenvalue weighted by Crippen LogP contribution is -2.17. The fraction of sp³-hybridized carbons (Fsp3) is 0.231. The first kappa shape index (κ1) is 13.7. The van der Waals surface area contributed by atoms with E-state index < -0.39 is 11.7 Å². The van der Waals surface area contributed by atoms with Gasteiger partial charge in [-0.3, -0.25) is 4.79 Å². The topological polar surface area (TPSA) is 89.3 Å². The number of benzene rings is 1. The molecular weight excluding hydrogens is 340 g/mol. The van der Waals surface area contributed by atoms with Crippen LogP contribution in [0.15, 0.2) is 27.5 Å². The van der Waals surface area contributed by atoms with Crippen LogP contribution in [-0.4, -0.2) is 32.2 Å². The highest BCUT2D eigenvalue weighted by Crippen LogP contribution is 2.20. The molecule has 7 nitrogen and oxygen atoms in total. The molecule has 2 aromatic heterocycles. The molecule has 0 aliphatic heterocycles. The Bertz CT molecular complexity index is 899. The molecule has 0 bridgehead atoms. The Balaban J connectivity index is 2.17. The molecule has 2 heterocycles. The molecule has 0 radical (unpaired) electrons. The van der Waals surface area contributed by atoms with Crippen LogP contribution in [0.2, 0.25) is 0 Å². The number of carbonyl (C=O) groups excluding carboxylic acids is 1. The summed E-state index contributed by atoms with van der Waals surface area (Å²) in [5.41, 5.74) is 0.669. The van der Waals surface area contributed by atoms with E-state index in [-0.39, 0.29) is 12.2 Å². The molecule has 0 unspecified atom stereocenters. The lowest BCUT2D eigenvalue weighted by atomic mass is 10.2. The second-order valence-electron chi connectivity index (χ2n) is 4.37. The van der Waals surface area contributed by atoms with Crippen LogP contribution < -0.4 is 5.69 Å². The van der Waals surface area contributed by atoms with Gasteiger partial charge in [0.2, 0.25) is 0 Å². The maximum Gasteiger partial charge on any atom is 0.348 e. The number of esters is 1. The first-order valence-electron chi connectivity index (χ1n) is 6.31. The number of nitrogens with zero attached hydrogens (tertiary/aromatic N) is 3. The standard InChI is InChI=1S/C13H11BrN4O3/c1-2-21-11(19)6-10-16-12-8-5-7(14)3-4-9(8)15-13(20)18(12)17-10/h3-5H,2,6H2,1H3,(H,15,20). The Hall–Kier alpha value is -2.22. The van der Waals surface area contributed by atoms with Crippen molar-refractivity contribution in [3.05, 3.63) is 39.0 Å². The van der Waals surface area contributed by atoms with Gasteiger partial charge in [-0.15, -0.1) is 5.10 Å². The van der Waals surface area contributed by atoms with Gasteiger partial charge in [0.1, 0.15) is 6.42 Å². The summed E-state index contributed by atoms with van der Waals surface area (Å²) in [4.78, 5) is 30.5. The number of H-pyrrole nitrogens is 1. The zero-order valence-corrected chi connectivity index (χ0v) is 12.7. The van der Waals surface area contributed by atoms with E-state index in [9.17, 15) is 9.59 Å². The summed E-state index contributed by atoms with van der Waals surface area (Å²) in [5, 5.41) is 4.80. The average molecular weight is 351 g/mol. The van der Waals surface area contributed by atoms with Crippen molar-refractivity contribution in [3.8, 4) is 0 Å². The number of halogens is 1. The fourth-order valence-electron chi connectivity index (χ4n) is 2.07. The fourth-order valence-corrected chi connectivity index (χ4v) is 2.43. The largest absolute Gasteiger partial charge is 0.466 e. The molecule has 0 saturated carbocycles. The van der Waals surface area contributed by atoms with Gasteiger partial charge in [0.15, 0.2) is 11.5 Å². The highest BCUT2D eigenvalue weighted by atomic mass is 79.9. The summed E-state index contributed by atoms with van der Waals surface area (Å²) in [6.07, 6.45) is -0.0650. The van der Waals surface area contributed by atoms with Crippen molar-refractivity contribution >= 4 is 38.4 Å². The molecule has 108 valence electrons. The second-order valence-corrected chi connectivity index (χ2v) is 5.28. The third-order valence-electron chi connectivity index (χ3n) is 2.92. The molecule has 3 rings (SSSR count). The number of hydrogen-bond acceptors (Lipinski definition) is 5. The summed E-state index contributed by atoms with van der Waals surface area (Å²) in [7, 11) is 0. The van der Waals surface area contributed by atoms with Crippen molar-refractivity contribution < 1.29 is 9.53 Å². The number of carbonyl (C=O) groups is 1. The third kappa shape index (κ3) is 2.54. The van der Waals surface area contributed by atoms with Crippen molar-refractivity contribution in [1.29, 1.82) is 0 Å². The van der Waals surface area contributed by atoms with Crippen LogP contribution >= 0.6 is 15.9 Å². The van der Waals surface area contributed by atoms with Crippen LogP contribution in [0.25, 0.3) is 16.6 Å². The maximum absolute atomic E-state index is 12.0. The molecule has 1 aromatic carbocycles. The number of hydrogen-bond donors (Lipinski definition) is 1. The molecule has 0 fully saturated rings. The van der Waals surface area contributed by atoms with Crippen molar-refractivity contribution in [2.45, 2.75) is 13.3 Å². The molecule has 0 saturated heterocycles. The van der Waals surface area contributed by atoms with E-state index in [1.165, 1.54) is 0 Å². The van der Waals surface area contributed by atoms with Crippen LogP contribution in [0.5, 0.6) is 0 Å². The Kier molecular flexibility index (Phi) is 3.46. The maximum atomic E-state index is 12.0. The van der Waals surface area contributed by atoms with E-state index >= 15 is 0 Å². The van der Waals surface area contributed by atoms with Crippen molar-refractivity contribution in [3.63, 3.8) is 0 Å². The third-order valence-corrected chi connectivity index (χ3v) is 3.41. The molecule has 8 heteroatoms. The predicted molar refractivity (Wildman–Crippen MR) is 79.2 cm³/mol. The first-order valence-corrected chi connectivity index (χ1v) is 7.10. The van der Waals surface area contributed by atoms with E-state index in [1.807, 2.05) is 12.1 Å². The van der Waals surface area contributed by atoms with Gasteiger partial charge in [-0.2, -0.15) is 4.52 Å². The molecule has 0 atom stereocenters. The molecular formula is C13H11BrN4O3. The minimum absolute atomic E-state index is 0.0650. The predicted octanol–water partition coefficient (Wildman–Crippen LogP) is 1.44.